The van der Waals surface area contributed by atoms with Crippen LogP contribution in [0.4, 0.5) is 0 Å². The second-order valence-electron chi connectivity index (χ2n) is 6.67. The molecule has 24 heavy (non-hydrogen) atoms. The lowest BCUT2D eigenvalue weighted by Crippen LogP contribution is -2.40. The second-order valence-corrected chi connectivity index (χ2v) is 6.67. The molecule has 1 aliphatic heterocycles. The van der Waals surface area contributed by atoms with Gasteiger partial charge < -0.3 is 15.1 Å². The number of guanidine groups is 1. The number of hydrogen-bond donors (Lipinski definition) is 2. The van der Waals surface area contributed by atoms with Gasteiger partial charge in [0.2, 0.25) is 0 Å². The SMILES string of the molecule is CCNC(=NCC(c1ccco1)N1CCCCC1)NCC1CC1.I. The number of aliphatic imine (C=N–C) groups is 1. The van der Waals surface area contributed by atoms with Crippen molar-refractivity contribution in [3.05, 3.63) is 24.2 Å². The van der Waals surface area contributed by atoms with Gasteiger partial charge in [-0.1, -0.05) is 6.42 Å². The van der Waals surface area contributed by atoms with E-state index in [0.717, 1.165) is 50.4 Å². The Labute approximate surface area is 162 Å². The third-order valence-electron chi connectivity index (χ3n) is 4.72. The van der Waals surface area contributed by atoms with Crippen molar-refractivity contribution >= 4 is 29.9 Å². The maximum absolute atomic E-state index is 5.70. The zero-order valence-corrected chi connectivity index (χ0v) is 17.0. The van der Waals surface area contributed by atoms with Crippen LogP contribution >= 0.6 is 24.0 Å². The third-order valence-corrected chi connectivity index (χ3v) is 4.72. The molecule has 1 aliphatic carbocycles. The molecule has 0 radical (unpaired) electrons. The Morgan fingerprint density at radius 2 is 2.08 bits per heavy atom. The zero-order chi connectivity index (χ0) is 15.9. The smallest absolute Gasteiger partial charge is 0.191 e. The lowest BCUT2D eigenvalue weighted by Gasteiger charge is -2.32. The first kappa shape index (κ1) is 19.6. The Kier molecular flexibility index (Phi) is 8.38. The second kappa shape index (κ2) is 10.3. The fourth-order valence-electron chi connectivity index (χ4n) is 3.18. The average Bonchev–Trinajstić information content (AvgIpc) is 3.26. The van der Waals surface area contributed by atoms with Gasteiger partial charge in [-0.2, -0.15) is 0 Å². The van der Waals surface area contributed by atoms with E-state index in [9.17, 15) is 0 Å². The van der Waals surface area contributed by atoms with E-state index < -0.39 is 0 Å². The fraction of sp³-hybridized carbons (Fsp3) is 0.722. The van der Waals surface area contributed by atoms with Crippen LogP contribution in [-0.2, 0) is 0 Å². The maximum atomic E-state index is 5.70. The zero-order valence-electron chi connectivity index (χ0n) is 14.7. The topological polar surface area (TPSA) is 52.8 Å². The van der Waals surface area contributed by atoms with Crippen LogP contribution in [0.25, 0.3) is 0 Å². The van der Waals surface area contributed by atoms with Gasteiger partial charge in [0.25, 0.3) is 0 Å². The Morgan fingerprint density at radius 1 is 1.29 bits per heavy atom. The molecule has 1 saturated carbocycles. The molecule has 6 heteroatoms. The van der Waals surface area contributed by atoms with Crippen molar-refractivity contribution in [3.8, 4) is 0 Å². The van der Waals surface area contributed by atoms with Gasteiger partial charge in [0, 0.05) is 13.1 Å². The Morgan fingerprint density at radius 3 is 2.71 bits per heavy atom. The van der Waals surface area contributed by atoms with Gasteiger partial charge in [0.05, 0.1) is 18.8 Å². The first-order valence-corrected chi connectivity index (χ1v) is 9.16. The van der Waals surface area contributed by atoms with E-state index in [0.29, 0.717) is 0 Å². The van der Waals surface area contributed by atoms with Gasteiger partial charge >= 0.3 is 0 Å². The predicted octanol–water partition coefficient (Wildman–Crippen LogP) is 3.39. The number of hydrogen-bond acceptors (Lipinski definition) is 3. The van der Waals surface area contributed by atoms with Gasteiger partial charge in [0.15, 0.2) is 5.96 Å². The van der Waals surface area contributed by atoms with Crippen LogP contribution in [0.1, 0.15) is 50.8 Å². The van der Waals surface area contributed by atoms with E-state index in [1.807, 2.05) is 6.07 Å². The third kappa shape index (κ3) is 5.95. The molecule has 0 bridgehead atoms. The molecule has 1 atom stereocenters. The number of likely N-dealkylation sites (tertiary alicyclic amines) is 1. The van der Waals surface area contributed by atoms with Crippen molar-refractivity contribution < 1.29 is 4.42 Å². The molecule has 1 aromatic heterocycles. The highest BCUT2D eigenvalue weighted by molar-refractivity contribution is 14.0. The van der Waals surface area contributed by atoms with E-state index >= 15 is 0 Å². The summed E-state index contributed by atoms with van der Waals surface area (Å²) < 4.78 is 5.70. The van der Waals surface area contributed by atoms with Crippen LogP contribution in [0.5, 0.6) is 0 Å². The molecule has 1 unspecified atom stereocenters. The summed E-state index contributed by atoms with van der Waals surface area (Å²) in [5.41, 5.74) is 0. The van der Waals surface area contributed by atoms with Gasteiger partial charge in [-0.05, 0) is 63.7 Å². The summed E-state index contributed by atoms with van der Waals surface area (Å²) in [5, 5.41) is 6.84. The molecule has 1 saturated heterocycles. The van der Waals surface area contributed by atoms with Crippen molar-refractivity contribution in [2.45, 2.75) is 45.1 Å². The molecule has 1 aromatic rings. The highest BCUT2D eigenvalue weighted by Crippen LogP contribution is 2.27. The highest BCUT2D eigenvalue weighted by Gasteiger charge is 2.25. The van der Waals surface area contributed by atoms with Crippen molar-refractivity contribution in [1.82, 2.24) is 15.5 Å². The largest absolute Gasteiger partial charge is 0.468 e. The molecule has 0 spiro atoms. The van der Waals surface area contributed by atoms with Crippen molar-refractivity contribution in [2.75, 3.05) is 32.7 Å². The van der Waals surface area contributed by atoms with Crippen molar-refractivity contribution in [2.24, 2.45) is 10.9 Å². The molecule has 136 valence electrons. The highest BCUT2D eigenvalue weighted by atomic mass is 127. The minimum Gasteiger partial charge on any atom is -0.468 e. The van der Waals surface area contributed by atoms with Crippen LogP contribution in [0.15, 0.2) is 27.8 Å². The van der Waals surface area contributed by atoms with E-state index in [1.54, 1.807) is 6.26 Å². The normalized spacial score (nSPS) is 20.3. The number of rotatable bonds is 7. The quantitative estimate of drug-likeness (QED) is 0.383. The van der Waals surface area contributed by atoms with Crippen LogP contribution < -0.4 is 10.6 Å². The summed E-state index contributed by atoms with van der Waals surface area (Å²) in [6.07, 6.45) is 8.38. The minimum absolute atomic E-state index is 0. The number of piperidine rings is 1. The molecule has 3 rings (SSSR count). The van der Waals surface area contributed by atoms with Gasteiger partial charge in [-0.25, -0.2) is 0 Å². The van der Waals surface area contributed by atoms with Gasteiger partial charge in [-0.3, -0.25) is 9.89 Å². The average molecular weight is 446 g/mol. The maximum Gasteiger partial charge on any atom is 0.191 e. The Hall–Kier alpha value is -0.760. The molecule has 0 amide bonds. The molecular formula is C18H31IN4O. The summed E-state index contributed by atoms with van der Waals surface area (Å²) in [6.45, 7) is 7.09. The van der Waals surface area contributed by atoms with Crippen LogP contribution in [-0.4, -0.2) is 43.6 Å². The molecule has 2 fully saturated rings. The van der Waals surface area contributed by atoms with Crippen LogP contribution in [0.2, 0.25) is 0 Å². The van der Waals surface area contributed by atoms with Gasteiger partial charge in [-0.15, -0.1) is 24.0 Å². The Bertz CT molecular complexity index is 481. The fourth-order valence-corrected chi connectivity index (χ4v) is 3.18. The molecule has 2 aliphatic rings. The number of nitrogens with one attached hydrogen (secondary N) is 2. The summed E-state index contributed by atoms with van der Waals surface area (Å²) in [7, 11) is 0. The molecule has 0 aromatic carbocycles. The summed E-state index contributed by atoms with van der Waals surface area (Å²) in [4.78, 5) is 7.36. The van der Waals surface area contributed by atoms with Crippen LogP contribution in [0, 0.1) is 5.92 Å². The molecule has 5 nitrogen and oxygen atoms in total. The number of furan rings is 1. The standard InChI is InChI=1S/C18H30N4O.HI/c1-2-19-18(20-13-15-8-9-15)21-14-16(17-7-6-12-23-17)22-10-4-3-5-11-22;/h6-7,12,15-16H,2-5,8-11,13-14H2,1H3,(H2,19,20,21);1H. The van der Waals surface area contributed by atoms with Crippen molar-refractivity contribution in [3.63, 3.8) is 0 Å². The first-order chi connectivity index (χ1) is 11.4. The Balaban J connectivity index is 0.00000208. The summed E-state index contributed by atoms with van der Waals surface area (Å²) in [5.74, 6) is 2.82. The number of nitrogens with zero attached hydrogens (tertiary/aromatic N) is 2. The summed E-state index contributed by atoms with van der Waals surface area (Å²) >= 11 is 0. The van der Waals surface area contributed by atoms with E-state index in [1.165, 1.54) is 32.1 Å². The molecule has 2 N–H and O–H groups in total. The number of halogens is 1. The monoisotopic (exact) mass is 446 g/mol. The van der Waals surface area contributed by atoms with E-state index in [4.69, 9.17) is 9.41 Å². The lowest BCUT2D eigenvalue weighted by molar-refractivity contribution is 0.150. The molecular weight excluding hydrogens is 415 g/mol. The summed E-state index contributed by atoms with van der Waals surface area (Å²) in [6, 6.07) is 4.31. The van der Waals surface area contributed by atoms with Crippen molar-refractivity contribution in [1.29, 1.82) is 0 Å². The lowest BCUT2D eigenvalue weighted by atomic mass is 10.1. The van der Waals surface area contributed by atoms with Crippen LogP contribution in [0.3, 0.4) is 0 Å². The minimum atomic E-state index is 0. The van der Waals surface area contributed by atoms with E-state index in [-0.39, 0.29) is 30.0 Å². The predicted molar refractivity (Wildman–Crippen MR) is 109 cm³/mol. The first-order valence-electron chi connectivity index (χ1n) is 9.16. The van der Waals surface area contributed by atoms with E-state index in [2.05, 4.69) is 28.5 Å². The van der Waals surface area contributed by atoms with Gasteiger partial charge in [0.1, 0.15) is 5.76 Å². The molecule has 2 heterocycles.